The molecule has 1 amide bonds. The summed E-state index contributed by atoms with van der Waals surface area (Å²) < 4.78 is 0. The molecule has 1 aromatic heterocycles. The summed E-state index contributed by atoms with van der Waals surface area (Å²) in [6.45, 7) is 0.597. The normalized spacial score (nSPS) is 18.9. The summed E-state index contributed by atoms with van der Waals surface area (Å²) in [4.78, 5) is 19.9. The third-order valence-electron chi connectivity index (χ3n) is 3.20. The minimum absolute atomic E-state index is 0.0917. The molecule has 5 nitrogen and oxygen atoms in total. The van der Waals surface area contributed by atoms with Gasteiger partial charge in [-0.05, 0) is 18.6 Å². The van der Waals surface area contributed by atoms with Crippen LogP contribution in [0, 0.1) is 0 Å². The van der Waals surface area contributed by atoms with Crippen molar-refractivity contribution in [3.05, 3.63) is 28.4 Å². The molecule has 7 heteroatoms. The van der Waals surface area contributed by atoms with Crippen molar-refractivity contribution in [3.8, 4) is 0 Å². The van der Waals surface area contributed by atoms with Gasteiger partial charge in [0.25, 0.3) is 0 Å². The van der Waals surface area contributed by atoms with Crippen LogP contribution < -0.4 is 10.6 Å². The Morgan fingerprint density at radius 3 is 2.70 bits per heavy atom. The largest absolute Gasteiger partial charge is 0.364 e. The van der Waals surface area contributed by atoms with E-state index in [4.69, 9.17) is 23.2 Å². The number of benzene rings is 1. The molecule has 1 saturated heterocycles. The highest BCUT2D eigenvalue weighted by atomic mass is 35.5. The monoisotopic (exact) mass is 310 g/mol. The van der Waals surface area contributed by atoms with Crippen LogP contribution in [0.25, 0.3) is 11.0 Å². The van der Waals surface area contributed by atoms with Gasteiger partial charge in [-0.15, -0.1) is 0 Å². The second-order valence-corrected chi connectivity index (χ2v) is 5.51. The van der Waals surface area contributed by atoms with Crippen LogP contribution in [0.3, 0.4) is 0 Å². The van der Waals surface area contributed by atoms with Gasteiger partial charge in [0.2, 0.25) is 5.91 Å². The van der Waals surface area contributed by atoms with Gasteiger partial charge in [-0.3, -0.25) is 9.78 Å². The number of carbonyl (C=O) groups is 1. The van der Waals surface area contributed by atoms with Crippen LogP contribution in [-0.2, 0) is 4.79 Å². The number of amides is 1. The van der Waals surface area contributed by atoms with E-state index in [9.17, 15) is 4.79 Å². The maximum absolute atomic E-state index is 11.1. The van der Waals surface area contributed by atoms with Crippen molar-refractivity contribution >= 4 is 46.0 Å². The first kappa shape index (κ1) is 13.4. The Balaban J connectivity index is 1.82. The van der Waals surface area contributed by atoms with E-state index in [0.717, 1.165) is 6.42 Å². The lowest BCUT2D eigenvalue weighted by molar-refractivity contribution is -0.122. The van der Waals surface area contributed by atoms with E-state index in [1.807, 2.05) is 0 Å². The van der Waals surface area contributed by atoms with Gasteiger partial charge >= 0.3 is 0 Å². The lowest BCUT2D eigenvalue weighted by atomic mass is 10.1. The molecule has 0 spiro atoms. The van der Waals surface area contributed by atoms with Gasteiger partial charge in [-0.1, -0.05) is 23.2 Å². The van der Waals surface area contributed by atoms with Gasteiger partial charge < -0.3 is 10.6 Å². The van der Waals surface area contributed by atoms with Crippen LogP contribution in [0.15, 0.2) is 18.3 Å². The van der Waals surface area contributed by atoms with Crippen molar-refractivity contribution in [2.45, 2.75) is 18.9 Å². The smallest absolute Gasteiger partial charge is 0.220 e. The molecule has 1 atom stereocenters. The van der Waals surface area contributed by atoms with Crippen molar-refractivity contribution in [1.82, 2.24) is 15.3 Å². The number of hydrogen-bond acceptors (Lipinski definition) is 4. The molecule has 20 heavy (non-hydrogen) atoms. The number of fused-ring (bicyclic) bond motifs is 1. The van der Waals surface area contributed by atoms with Crippen molar-refractivity contribution in [3.63, 3.8) is 0 Å². The molecule has 0 bridgehead atoms. The number of anilines is 1. The fraction of sp³-hybridized carbons (Fsp3) is 0.308. The van der Waals surface area contributed by atoms with Crippen LogP contribution in [0.5, 0.6) is 0 Å². The number of aromatic nitrogens is 2. The van der Waals surface area contributed by atoms with Crippen LogP contribution in [0.2, 0.25) is 10.0 Å². The topological polar surface area (TPSA) is 66.9 Å². The van der Waals surface area contributed by atoms with Crippen molar-refractivity contribution < 1.29 is 4.79 Å². The molecule has 1 fully saturated rings. The SMILES string of the molecule is O=C1CC[C@H](Nc2cnc3cc(Cl)c(Cl)cc3n2)CN1. The van der Waals surface area contributed by atoms with Gasteiger partial charge in [-0.25, -0.2) is 4.98 Å². The van der Waals surface area contributed by atoms with Gasteiger partial charge in [0, 0.05) is 19.0 Å². The molecule has 0 aliphatic carbocycles. The Morgan fingerprint density at radius 1 is 1.25 bits per heavy atom. The molecule has 2 heterocycles. The summed E-state index contributed by atoms with van der Waals surface area (Å²) in [7, 11) is 0. The Morgan fingerprint density at radius 2 is 2.00 bits per heavy atom. The maximum Gasteiger partial charge on any atom is 0.220 e. The predicted molar refractivity (Wildman–Crippen MR) is 79.2 cm³/mol. The second-order valence-electron chi connectivity index (χ2n) is 4.69. The van der Waals surface area contributed by atoms with E-state index >= 15 is 0 Å². The fourth-order valence-corrected chi connectivity index (χ4v) is 2.46. The highest BCUT2D eigenvalue weighted by molar-refractivity contribution is 6.42. The van der Waals surface area contributed by atoms with E-state index in [1.54, 1.807) is 18.3 Å². The number of rotatable bonds is 2. The van der Waals surface area contributed by atoms with Gasteiger partial charge in [0.1, 0.15) is 5.82 Å². The molecular formula is C13H12Cl2N4O. The number of piperidine rings is 1. The summed E-state index contributed by atoms with van der Waals surface area (Å²) in [6.07, 6.45) is 2.97. The Bertz CT molecular complexity index is 667. The van der Waals surface area contributed by atoms with Crippen molar-refractivity contribution in [2.75, 3.05) is 11.9 Å². The first-order chi connectivity index (χ1) is 9.61. The average Bonchev–Trinajstić information content (AvgIpc) is 2.43. The molecule has 1 aliphatic heterocycles. The van der Waals surface area contributed by atoms with E-state index in [0.29, 0.717) is 39.9 Å². The molecular weight excluding hydrogens is 299 g/mol. The number of nitrogens with zero attached hydrogens (tertiary/aromatic N) is 2. The molecule has 1 aliphatic rings. The summed E-state index contributed by atoms with van der Waals surface area (Å²) in [5.74, 6) is 0.756. The molecule has 0 saturated carbocycles. The molecule has 2 aromatic rings. The zero-order valence-electron chi connectivity index (χ0n) is 10.5. The third-order valence-corrected chi connectivity index (χ3v) is 3.92. The minimum atomic E-state index is 0.0917. The molecule has 104 valence electrons. The minimum Gasteiger partial charge on any atom is -0.364 e. The van der Waals surface area contributed by atoms with Gasteiger partial charge in [0.15, 0.2) is 0 Å². The molecule has 0 unspecified atom stereocenters. The maximum atomic E-state index is 11.1. The zero-order chi connectivity index (χ0) is 14.1. The number of carbonyl (C=O) groups excluding carboxylic acids is 1. The van der Waals surface area contributed by atoms with E-state index < -0.39 is 0 Å². The third kappa shape index (κ3) is 2.78. The van der Waals surface area contributed by atoms with Crippen molar-refractivity contribution in [1.29, 1.82) is 0 Å². The van der Waals surface area contributed by atoms with Crippen molar-refractivity contribution in [2.24, 2.45) is 0 Å². The molecule has 3 rings (SSSR count). The first-order valence-corrected chi connectivity index (χ1v) is 7.02. The van der Waals surface area contributed by atoms with Gasteiger partial charge in [0.05, 0.1) is 27.3 Å². The first-order valence-electron chi connectivity index (χ1n) is 6.27. The average molecular weight is 311 g/mol. The van der Waals surface area contributed by atoms with Crippen LogP contribution in [-0.4, -0.2) is 28.5 Å². The summed E-state index contributed by atoms with van der Waals surface area (Å²) in [5.41, 5.74) is 1.38. The van der Waals surface area contributed by atoms with Crippen LogP contribution >= 0.6 is 23.2 Å². The summed E-state index contributed by atoms with van der Waals surface area (Å²) in [5, 5.41) is 7.00. The number of halogens is 2. The standard InChI is InChI=1S/C13H12Cl2N4O/c14-8-3-10-11(4-9(8)15)19-12(6-16-10)18-7-1-2-13(20)17-5-7/h3-4,6-7H,1-2,5H2,(H,17,20)(H,18,19)/t7-/m0/s1. The van der Waals surface area contributed by atoms with Gasteiger partial charge in [-0.2, -0.15) is 0 Å². The summed E-state index contributed by atoms with van der Waals surface area (Å²) in [6, 6.07) is 3.55. The van der Waals surface area contributed by atoms with E-state index in [2.05, 4.69) is 20.6 Å². The lowest BCUT2D eigenvalue weighted by Crippen LogP contribution is -2.42. The van der Waals surface area contributed by atoms with Crippen LogP contribution in [0.4, 0.5) is 5.82 Å². The number of nitrogens with one attached hydrogen (secondary N) is 2. The predicted octanol–water partition coefficient (Wildman–Crippen LogP) is 2.63. The lowest BCUT2D eigenvalue weighted by Gasteiger charge is -2.23. The van der Waals surface area contributed by atoms with Crippen LogP contribution in [0.1, 0.15) is 12.8 Å². The highest BCUT2D eigenvalue weighted by Crippen LogP contribution is 2.26. The zero-order valence-corrected chi connectivity index (χ0v) is 12.0. The molecule has 1 aromatic carbocycles. The number of hydrogen-bond donors (Lipinski definition) is 2. The van der Waals surface area contributed by atoms with E-state index in [1.165, 1.54) is 0 Å². The molecule has 2 N–H and O–H groups in total. The quantitative estimate of drug-likeness (QED) is 0.895. The Hall–Kier alpha value is -1.59. The Kier molecular flexibility index (Phi) is 3.63. The summed E-state index contributed by atoms with van der Waals surface area (Å²) >= 11 is 11.9. The van der Waals surface area contributed by atoms with E-state index in [-0.39, 0.29) is 11.9 Å². The molecule has 0 radical (unpaired) electrons. The fourth-order valence-electron chi connectivity index (χ4n) is 2.14. The second kappa shape index (κ2) is 5.42. The Labute approximate surface area is 125 Å². The highest BCUT2D eigenvalue weighted by Gasteiger charge is 2.18.